The van der Waals surface area contributed by atoms with Gasteiger partial charge in [-0.05, 0) is 25.1 Å². The third kappa shape index (κ3) is 3.07. The van der Waals surface area contributed by atoms with E-state index in [4.69, 9.17) is 4.42 Å². The third-order valence-electron chi connectivity index (χ3n) is 5.26. The van der Waals surface area contributed by atoms with Gasteiger partial charge in [-0.15, -0.1) is 10.2 Å². The van der Waals surface area contributed by atoms with Gasteiger partial charge in [0.25, 0.3) is 5.56 Å². The Hall–Kier alpha value is -4.27. The van der Waals surface area contributed by atoms with E-state index in [2.05, 4.69) is 10.2 Å². The lowest BCUT2D eigenvalue weighted by Gasteiger charge is -2.04. The predicted octanol–water partition coefficient (Wildman–Crippen LogP) is 1.92. The average molecular weight is 415 g/mol. The second-order valence-electron chi connectivity index (χ2n) is 7.36. The number of nitrogens with zero attached hydrogens (tertiary/aromatic N) is 5. The van der Waals surface area contributed by atoms with Crippen molar-refractivity contribution in [2.45, 2.75) is 13.5 Å². The molecule has 0 N–H and O–H groups in total. The highest BCUT2D eigenvalue weighted by Gasteiger charge is 2.17. The molecule has 31 heavy (non-hydrogen) atoms. The fourth-order valence-corrected chi connectivity index (χ4v) is 3.50. The Morgan fingerprint density at radius 2 is 1.74 bits per heavy atom. The van der Waals surface area contributed by atoms with Crippen molar-refractivity contribution in [2.75, 3.05) is 0 Å². The minimum Gasteiger partial charge on any atom is -0.408 e. The molecule has 3 heterocycles. The van der Waals surface area contributed by atoms with Crippen LogP contribution in [0.1, 0.15) is 27.3 Å². The number of benzene rings is 2. The number of ketones is 1. The molecule has 9 heteroatoms. The van der Waals surface area contributed by atoms with E-state index in [-0.39, 0.29) is 23.5 Å². The van der Waals surface area contributed by atoms with Crippen LogP contribution in [0, 0.1) is 6.92 Å². The molecule has 0 fully saturated rings. The topological polar surface area (TPSA) is 104 Å². The summed E-state index contributed by atoms with van der Waals surface area (Å²) in [6, 6.07) is 12.2. The number of rotatable bonds is 4. The molecule has 0 aliphatic heterocycles. The van der Waals surface area contributed by atoms with Gasteiger partial charge in [-0.1, -0.05) is 29.8 Å². The third-order valence-corrected chi connectivity index (χ3v) is 5.26. The Labute approximate surface area is 174 Å². The quantitative estimate of drug-likeness (QED) is 0.416. The van der Waals surface area contributed by atoms with Crippen molar-refractivity contribution in [3.05, 3.63) is 98.3 Å². The van der Waals surface area contributed by atoms with E-state index < -0.39 is 5.76 Å². The molecule has 5 aromatic rings. The standard InChI is InChI=1S/C22H17N5O4/c1-13-3-5-14(6-4-13)19(28)15-7-8-16-17(11-15)31-22(30)27(16)12-18-23-24-20-21(29)25(2)9-10-26(18)20/h3-11H,12H2,1-2H3. The Balaban J connectivity index is 1.54. The van der Waals surface area contributed by atoms with Crippen LogP contribution >= 0.6 is 0 Å². The minimum atomic E-state index is -0.587. The zero-order valence-corrected chi connectivity index (χ0v) is 16.8. The smallest absolute Gasteiger partial charge is 0.408 e. The highest BCUT2D eigenvalue weighted by molar-refractivity contribution is 6.10. The van der Waals surface area contributed by atoms with E-state index in [1.54, 1.807) is 54.2 Å². The average Bonchev–Trinajstić information content (AvgIpc) is 3.31. The van der Waals surface area contributed by atoms with Crippen LogP contribution in [0.3, 0.4) is 0 Å². The number of carbonyl (C=O) groups excluding carboxylic acids is 1. The zero-order chi connectivity index (χ0) is 21.7. The highest BCUT2D eigenvalue weighted by atomic mass is 16.4. The van der Waals surface area contributed by atoms with Gasteiger partial charge in [-0.2, -0.15) is 0 Å². The monoisotopic (exact) mass is 415 g/mol. The van der Waals surface area contributed by atoms with E-state index in [0.717, 1.165) is 5.56 Å². The van der Waals surface area contributed by atoms with Crippen LogP contribution in [0.15, 0.2) is 68.9 Å². The summed E-state index contributed by atoms with van der Waals surface area (Å²) in [5, 5.41) is 7.99. The van der Waals surface area contributed by atoms with Gasteiger partial charge in [-0.25, -0.2) is 4.79 Å². The van der Waals surface area contributed by atoms with Gasteiger partial charge < -0.3 is 8.98 Å². The van der Waals surface area contributed by atoms with Crippen molar-refractivity contribution in [1.82, 2.24) is 23.7 Å². The fraction of sp³-hybridized carbons (Fsp3) is 0.136. The van der Waals surface area contributed by atoms with Crippen molar-refractivity contribution < 1.29 is 9.21 Å². The van der Waals surface area contributed by atoms with Crippen LogP contribution in [-0.2, 0) is 13.6 Å². The Bertz CT molecular complexity index is 1580. The molecular weight excluding hydrogens is 398 g/mol. The second kappa shape index (κ2) is 6.91. The normalized spacial score (nSPS) is 11.4. The van der Waals surface area contributed by atoms with Gasteiger partial charge in [-0.3, -0.25) is 18.6 Å². The molecule has 5 rings (SSSR count). The summed E-state index contributed by atoms with van der Waals surface area (Å²) in [6.07, 6.45) is 3.26. The first-order chi connectivity index (χ1) is 14.9. The summed E-state index contributed by atoms with van der Waals surface area (Å²) in [6.45, 7) is 2.01. The summed E-state index contributed by atoms with van der Waals surface area (Å²) in [5.41, 5.74) is 2.75. The summed E-state index contributed by atoms with van der Waals surface area (Å²) in [4.78, 5) is 37.5. The SMILES string of the molecule is Cc1ccc(C(=O)c2ccc3c(c2)oc(=O)n3Cc2nnc3c(=O)n(C)ccn23)cc1. The van der Waals surface area contributed by atoms with Gasteiger partial charge in [0.15, 0.2) is 17.2 Å². The maximum Gasteiger partial charge on any atom is 0.420 e. The van der Waals surface area contributed by atoms with Crippen molar-refractivity contribution in [3.63, 3.8) is 0 Å². The van der Waals surface area contributed by atoms with E-state index in [1.165, 1.54) is 9.13 Å². The molecule has 0 bridgehead atoms. The summed E-state index contributed by atoms with van der Waals surface area (Å²) < 4.78 is 9.72. The molecule has 0 spiro atoms. The number of fused-ring (bicyclic) bond motifs is 2. The van der Waals surface area contributed by atoms with Crippen LogP contribution < -0.4 is 11.3 Å². The van der Waals surface area contributed by atoms with Crippen LogP contribution in [0.4, 0.5) is 0 Å². The number of hydrogen-bond acceptors (Lipinski definition) is 6. The number of aryl methyl sites for hydroxylation is 2. The van der Waals surface area contributed by atoms with Gasteiger partial charge >= 0.3 is 5.76 Å². The zero-order valence-electron chi connectivity index (χ0n) is 16.8. The van der Waals surface area contributed by atoms with E-state index in [9.17, 15) is 14.4 Å². The highest BCUT2D eigenvalue weighted by Crippen LogP contribution is 2.19. The first-order valence-corrected chi connectivity index (χ1v) is 9.56. The number of oxazole rings is 1. The Kier molecular flexibility index (Phi) is 4.18. The lowest BCUT2D eigenvalue weighted by Crippen LogP contribution is -2.20. The molecular formula is C22H17N5O4. The van der Waals surface area contributed by atoms with E-state index >= 15 is 0 Å². The van der Waals surface area contributed by atoms with Gasteiger partial charge in [0.1, 0.15) is 0 Å². The van der Waals surface area contributed by atoms with Crippen molar-refractivity contribution in [2.24, 2.45) is 7.05 Å². The Morgan fingerprint density at radius 3 is 2.52 bits per heavy atom. The maximum absolute atomic E-state index is 12.8. The van der Waals surface area contributed by atoms with E-state index in [1.807, 2.05) is 19.1 Å². The number of hydrogen-bond donors (Lipinski definition) is 0. The molecule has 2 aromatic carbocycles. The van der Waals surface area contributed by atoms with Crippen molar-refractivity contribution in [3.8, 4) is 0 Å². The molecule has 9 nitrogen and oxygen atoms in total. The largest absolute Gasteiger partial charge is 0.420 e. The lowest BCUT2D eigenvalue weighted by molar-refractivity contribution is 0.103. The molecule has 0 amide bonds. The molecule has 3 aromatic heterocycles. The van der Waals surface area contributed by atoms with Crippen LogP contribution in [0.2, 0.25) is 0 Å². The van der Waals surface area contributed by atoms with Gasteiger partial charge in [0, 0.05) is 30.6 Å². The lowest BCUT2D eigenvalue weighted by atomic mass is 10.0. The van der Waals surface area contributed by atoms with E-state index in [0.29, 0.717) is 28.1 Å². The maximum atomic E-state index is 12.8. The predicted molar refractivity (Wildman–Crippen MR) is 112 cm³/mol. The van der Waals surface area contributed by atoms with Crippen molar-refractivity contribution in [1.29, 1.82) is 0 Å². The van der Waals surface area contributed by atoms with Crippen LogP contribution in [0.5, 0.6) is 0 Å². The number of aromatic nitrogens is 5. The van der Waals surface area contributed by atoms with Gasteiger partial charge in [0.2, 0.25) is 5.65 Å². The van der Waals surface area contributed by atoms with Crippen LogP contribution in [0.25, 0.3) is 16.7 Å². The molecule has 0 saturated heterocycles. The summed E-state index contributed by atoms with van der Waals surface area (Å²) in [5.74, 6) is -0.329. The second-order valence-corrected chi connectivity index (χ2v) is 7.36. The molecule has 0 aliphatic carbocycles. The molecule has 0 radical (unpaired) electrons. The summed E-state index contributed by atoms with van der Waals surface area (Å²) in [7, 11) is 1.63. The van der Waals surface area contributed by atoms with Crippen LogP contribution in [-0.4, -0.2) is 29.5 Å². The molecule has 0 aliphatic rings. The minimum absolute atomic E-state index is 0.0609. The molecule has 0 unspecified atom stereocenters. The van der Waals surface area contributed by atoms with Gasteiger partial charge in [0.05, 0.1) is 12.1 Å². The first kappa shape index (κ1) is 18.7. The number of carbonyl (C=O) groups is 1. The molecule has 154 valence electrons. The fourth-order valence-electron chi connectivity index (χ4n) is 3.50. The molecule has 0 atom stereocenters. The molecule has 0 saturated carbocycles. The van der Waals surface area contributed by atoms with Crippen molar-refractivity contribution >= 4 is 22.5 Å². The first-order valence-electron chi connectivity index (χ1n) is 9.56. The summed E-state index contributed by atoms with van der Waals surface area (Å²) >= 11 is 0. The Morgan fingerprint density at radius 1 is 1.00 bits per heavy atom.